The highest BCUT2D eigenvalue weighted by atomic mass is 35.5. The second-order valence-electron chi connectivity index (χ2n) is 4.33. The largest absolute Gasteiger partial charge is 0.445 e. The Balaban J connectivity index is 1.89. The zero-order valence-corrected chi connectivity index (χ0v) is 11.2. The minimum Gasteiger partial charge on any atom is -0.445 e. The Labute approximate surface area is 116 Å². The second-order valence-corrected chi connectivity index (χ2v) is 5.20. The third-order valence-electron chi connectivity index (χ3n) is 2.77. The highest BCUT2D eigenvalue weighted by Crippen LogP contribution is 2.20. The van der Waals surface area contributed by atoms with Crippen LogP contribution in [0.2, 0.25) is 10.0 Å². The van der Waals surface area contributed by atoms with E-state index < -0.39 is 0 Å². The molecular weight excluding hydrogens is 275 g/mol. The molecule has 18 heavy (non-hydrogen) atoms. The van der Waals surface area contributed by atoms with Crippen molar-refractivity contribution in [3.05, 3.63) is 33.8 Å². The van der Waals surface area contributed by atoms with E-state index in [-0.39, 0.29) is 18.7 Å². The van der Waals surface area contributed by atoms with Crippen molar-refractivity contribution in [2.75, 3.05) is 13.1 Å². The summed E-state index contributed by atoms with van der Waals surface area (Å²) < 4.78 is 5.18. The highest BCUT2D eigenvalue weighted by molar-refractivity contribution is 6.34. The molecule has 0 aliphatic carbocycles. The van der Waals surface area contributed by atoms with Gasteiger partial charge in [-0.15, -0.1) is 0 Å². The van der Waals surface area contributed by atoms with Crippen molar-refractivity contribution >= 4 is 29.3 Å². The van der Waals surface area contributed by atoms with Crippen LogP contribution in [0.5, 0.6) is 0 Å². The number of nitrogens with two attached hydrogens (primary N) is 1. The second kappa shape index (κ2) is 5.78. The molecule has 0 unspecified atom stereocenters. The Morgan fingerprint density at radius 2 is 2.06 bits per heavy atom. The standard InChI is InChI=1S/C12H14Cl2N2O2/c13-9-3-8(4-10(14)5-9)7-18-12(17)16-2-1-11(15)6-16/h3-5,11H,1-2,6-7,15H2/t11-/m1/s1. The normalized spacial score (nSPS) is 19.1. The number of amides is 1. The van der Waals surface area contributed by atoms with Crippen molar-refractivity contribution in [2.24, 2.45) is 5.73 Å². The highest BCUT2D eigenvalue weighted by Gasteiger charge is 2.24. The minimum absolute atomic E-state index is 0.0539. The molecule has 0 spiro atoms. The molecule has 6 heteroatoms. The van der Waals surface area contributed by atoms with Crippen LogP contribution in [-0.4, -0.2) is 30.1 Å². The van der Waals surface area contributed by atoms with Gasteiger partial charge in [-0.25, -0.2) is 4.79 Å². The van der Waals surface area contributed by atoms with Gasteiger partial charge in [0, 0.05) is 29.2 Å². The number of hydrogen-bond acceptors (Lipinski definition) is 3. The average Bonchev–Trinajstić information content (AvgIpc) is 2.71. The fraction of sp³-hybridized carbons (Fsp3) is 0.417. The zero-order valence-electron chi connectivity index (χ0n) is 9.73. The molecule has 1 aromatic carbocycles. The molecule has 1 fully saturated rings. The van der Waals surface area contributed by atoms with Gasteiger partial charge in [0.25, 0.3) is 0 Å². The number of carbonyl (C=O) groups is 1. The van der Waals surface area contributed by atoms with Gasteiger partial charge in [-0.3, -0.25) is 0 Å². The van der Waals surface area contributed by atoms with Gasteiger partial charge in [0.05, 0.1) is 0 Å². The van der Waals surface area contributed by atoms with Crippen LogP contribution in [0.25, 0.3) is 0 Å². The van der Waals surface area contributed by atoms with E-state index in [4.69, 9.17) is 33.7 Å². The summed E-state index contributed by atoms with van der Waals surface area (Å²) >= 11 is 11.7. The van der Waals surface area contributed by atoms with Crippen molar-refractivity contribution in [1.82, 2.24) is 4.90 Å². The first-order valence-corrected chi connectivity index (χ1v) is 6.42. The van der Waals surface area contributed by atoms with E-state index in [1.165, 1.54) is 0 Å². The SMILES string of the molecule is N[C@@H]1CCN(C(=O)OCc2cc(Cl)cc(Cl)c2)C1. The fourth-order valence-corrected chi connectivity index (χ4v) is 2.46. The number of likely N-dealkylation sites (tertiary alicyclic amines) is 1. The summed E-state index contributed by atoms with van der Waals surface area (Å²) in [5.74, 6) is 0. The van der Waals surface area contributed by atoms with Gasteiger partial charge < -0.3 is 15.4 Å². The summed E-state index contributed by atoms with van der Waals surface area (Å²) in [6.07, 6.45) is 0.469. The first-order chi connectivity index (χ1) is 8.54. The monoisotopic (exact) mass is 288 g/mol. The first-order valence-electron chi connectivity index (χ1n) is 5.67. The summed E-state index contributed by atoms with van der Waals surface area (Å²) in [6, 6.07) is 5.12. The summed E-state index contributed by atoms with van der Waals surface area (Å²) in [5.41, 5.74) is 6.49. The van der Waals surface area contributed by atoms with Gasteiger partial charge >= 0.3 is 6.09 Å². The van der Waals surface area contributed by atoms with Gasteiger partial charge in [-0.2, -0.15) is 0 Å². The van der Waals surface area contributed by atoms with E-state index in [1.807, 2.05) is 0 Å². The van der Waals surface area contributed by atoms with E-state index in [0.29, 0.717) is 23.1 Å². The van der Waals surface area contributed by atoms with Crippen LogP contribution >= 0.6 is 23.2 Å². The van der Waals surface area contributed by atoms with Crippen LogP contribution in [0.3, 0.4) is 0 Å². The number of carbonyl (C=O) groups excluding carboxylic acids is 1. The molecule has 0 saturated carbocycles. The topological polar surface area (TPSA) is 55.6 Å². The molecule has 1 heterocycles. The van der Waals surface area contributed by atoms with E-state index in [1.54, 1.807) is 23.1 Å². The van der Waals surface area contributed by atoms with Crippen LogP contribution in [0.15, 0.2) is 18.2 Å². The van der Waals surface area contributed by atoms with Crippen molar-refractivity contribution in [3.8, 4) is 0 Å². The lowest BCUT2D eigenvalue weighted by molar-refractivity contribution is 0.104. The Kier molecular flexibility index (Phi) is 4.32. The van der Waals surface area contributed by atoms with Gasteiger partial charge in [-0.1, -0.05) is 23.2 Å². The number of hydrogen-bond donors (Lipinski definition) is 1. The number of ether oxygens (including phenoxy) is 1. The lowest BCUT2D eigenvalue weighted by Crippen LogP contribution is -2.32. The maximum absolute atomic E-state index is 11.7. The van der Waals surface area contributed by atoms with Gasteiger partial charge in [0.15, 0.2) is 0 Å². The third kappa shape index (κ3) is 3.51. The average molecular weight is 289 g/mol. The molecule has 2 rings (SSSR count). The van der Waals surface area contributed by atoms with Crippen LogP contribution in [-0.2, 0) is 11.3 Å². The number of nitrogens with zero attached hydrogens (tertiary/aromatic N) is 1. The molecule has 0 bridgehead atoms. The molecule has 1 aromatic rings. The summed E-state index contributed by atoms with van der Waals surface area (Å²) in [7, 11) is 0. The number of halogens is 2. The van der Waals surface area contributed by atoms with Crippen LogP contribution in [0.1, 0.15) is 12.0 Å². The quantitative estimate of drug-likeness (QED) is 0.910. The molecule has 2 N–H and O–H groups in total. The lowest BCUT2D eigenvalue weighted by atomic mass is 10.2. The molecule has 1 atom stereocenters. The van der Waals surface area contributed by atoms with Crippen molar-refractivity contribution in [2.45, 2.75) is 19.1 Å². The van der Waals surface area contributed by atoms with Crippen molar-refractivity contribution in [3.63, 3.8) is 0 Å². The lowest BCUT2D eigenvalue weighted by Gasteiger charge is -2.15. The maximum Gasteiger partial charge on any atom is 0.410 e. The Morgan fingerprint density at radius 3 is 2.61 bits per heavy atom. The summed E-state index contributed by atoms with van der Waals surface area (Å²) in [4.78, 5) is 13.3. The van der Waals surface area contributed by atoms with Gasteiger partial charge in [-0.05, 0) is 30.2 Å². The van der Waals surface area contributed by atoms with Crippen molar-refractivity contribution < 1.29 is 9.53 Å². The minimum atomic E-state index is -0.348. The summed E-state index contributed by atoms with van der Waals surface area (Å²) in [5, 5.41) is 1.05. The number of benzene rings is 1. The maximum atomic E-state index is 11.7. The zero-order chi connectivity index (χ0) is 13.1. The predicted octanol–water partition coefficient (Wildman–Crippen LogP) is 2.66. The van der Waals surface area contributed by atoms with E-state index in [0.717, 1.165) is 12.0 Å². The molecule has 4 nitrogen and oxygen atoms in total. The van der Waals surface area contributed by atoms with E-state index >= 15 is 0 Å². The molecule has 0 aromatic heterocycles. The van der Waals surface area contributed by atoms with E-state index in [2.05, 4.69) is 0 Å². The Morgan fingerprint density at radius 1 is 1.39 bits per heavy atom. The third-order valence-corrected chi connectivity index (χ3v) is 3.20. The smallest absolute Gasteiger partial charge is 0.410 e. The van der Waals surface area contributed by atoms with Crippen LogP contribution < -0.4 is 5.73 Å². The first kappa shape index (κ1) is 13.5. The molecule has 1 aliphatic heterocycles. The Hall–Kier alpha value is -0.970. The van der Waals surface area contributed by atoms with Gasteiger partial charge in [0.1, 0.15) is 6.61 Å². The molecule has 98 valence electrons. The number of rotatable bonds is 2. The molecule has 1 aliphatic rings. The molecular formula is C12H14Cl2N2O2. The molecule has 1 amide bonds. The van der Waals surface area contributed by atoms with Crippen LogP contribution in [0.4, 0.5) is 4.79 Å². The molecule has 1 saturated heterocycles. The molecule has 0 radical (unpaired) electrons. The van der Waals surface area contributed by atoms with Gasteiger partial charge in [0.2, 0.25) is 0 Å². The summed E-state index contributed by atoms with van der Waals surface area (Å²) in [6.45, 7) is 1.36. The van der Waals surface area contributed by atoms with Crippen molar-refractivity contribution in [1.29, 1.82) is 0 Å². The fourth-order valence-electron chi connectivity index (χ4n) is 1.88. The van der Waals surface area contributed by atoms with E-state index in [9.17, 15) is 4.79 Å². The Bertz CT molecular complexity index is 433. The van der Waals surface area contributed by atoms with Crippen LogP contribution in [0, 0.1) is 0 Å². The predicted molar refractivity (Wildman–Crippen MR) is 70.8 cm³/mol.